The van der Waals surface area contributed by atoms with Gasteiger partial charge in [0.2, 0.25) is 0 Å². The maximum atomic E-state index is 12.7. The lowest BCUT2D eigenvalue weighted by atomic mass is 9.84. The minimum absolute atomic E-state index is 0.0152. The van der Waals surface area contributed by atoms with Crippen LogP contribution >= 0.6 is 11.3 Å². The molecule has 1 unspecified atom stereocenters. The molecule has 4 aliphatic rings. The van der Waals surface area contributed by atoms with Crippen molar-refractivity contribution in [2.45, 2.75) is 38.1 Å². The average molecular weight is 371 g/mol. The minimum atomic E-state index is -0.0152. The summed E-state index contributed by atoms with van der Waals surface area (Å²) in [6.07, 6.45) is 8.18. The Morgan fingerprint density at radius 2 is 1.92 bits per heavy atom. The van der Waals surface area contributed by atoms with E-state index in [4.69, 9.17) is 0 Å². The van der Waals surface area contributed by atoms with E-state index >= 15 is 0 Å². The van der Waals surface area contributed by atoms with E-state index in [1.807, 2.05) is 12.3 Å². The van der Waals surface area contributed by atoms with Gasteiger partial charge in [0.05, 0.1) is 5.00 Å². The summed E-state index contributed by atoms with van der Waals surface area (Å²) >= 11 is 1.79. The number of carbonyl (C=O) groups excluding carboxylic acids is 1. The van der Waals surface area contributed by atoms with Gasteiger partial charge in [-0.25, -0.2) is 0 Å². The fraction of sp³-hybridized carbons (Fsp3) is 0.600. The van der Waals surface area contributed by atoms with Crippen LogP contribution < -0.4 is 10.2 Å². The Labute approximate surface area is 158 Å². The van der Waals surface area contributed by atoms with E-state index in [0.717, 1.165) is 25.0 Å². The summed E-state index contributed by atoms with van der Waals surface area (Å²) in [5.41, 5.74) is 0.556. The first-order chi connectivity index (χ1) is 12.8. The van der Waals surface area contributed by atoms with Crippen molar-refractivity contribution in [1.82, 2.24) is 15.2 Å². The first-order valence-corrected chi connectivity index (χ1v) is 10.8. The van der Waals surface area contributed by atoms with E-state index in [1.165, 1.54) is 54.9 Å². The van der Waals surface area contributed by atoms with Crippen LogP contribution in [0.1, 0.15) is 42.6 Å². The van der Waals surface area contributed by atoms with Crippen LogP contribution in [0.4, 0.5) is 5.00 Å². The molecule has 1 amide bonds. The molecule has 4 fully saturated rings. The predicted octanol–water partition coefficient (Wildman–Crippen LogP) is 3.11. The second-order valence-electron chi connectivity index (χ2n) is 7.96. The van der Waals surface area contributed by atoms with E-state index in [2.05, 4.69) is 26.2 Å². The first kappa shape index (κ1) is 16.5. The molecule has 5 nitrogen and oxygen atoms in total. The van der Waals surface area contributed by atoms with Gasteiger partial charge in [-0.15, -0.1) is 11.3 Å². The second-order valence-corrected chi connectivity index (χ2v) is 9.02. The molecule has 1 N–H and O–H groups in total. The topological polar surface area (TPSA) is 48.5 Å². The minimum Gasteiger partial charge on any atom is -0.363 e. The van der Waals surface area contributed by atoms with Crippen molar-refractivity contribution in [2.24, 2.45) is 5.92 Å². The van der Waals surface area contributed by atoms with Crippen molar-refractivity contribution in [2.75, 3.05) is 37.6 Å². The van der Waals surface area contributed by atoms with Crippen molar-refractivity contribution in [3.05, 3.63) is 24.0 Å². The third kappa shape index (κ3) is 3.09. The van der Waals surface area contributed by atoms with Gasteiger partial charge in [-0.3, -0.25) is 9.78 Å². The van der Waals surface area contributed by atoms with Crippen LogP contribution in [0.2, 0.25) is 0 Å². The van der Waals surface area contributed by atoms with Crippen molar-refractivity contribution in [3.63, 3.8) is 0 Å². The summed E-state index contributed by atoms with van der Waals surface area (Å²) < 4.78 is 1.17. The molecule has 0 aromatic carbocycles. The van der Waals surface area contributed by atoms with Gasteiger partial charge >= 0.3 is 0 Å². The summed E-state index contributed by atoms with van der Waals surface area (Å²) in [4.78, 5) is 22.1. The number of hydrogen-bond donors (Lipinski definition) is 1. The van der Waals surface area contributed by atoms with E-state index in [1.54, 1.807) is 11.3 Å². The van der Waals surface area contributed by atoms with Crippen molar-refractivity contribution in [3.8, 4) is 0 Å². The zero-order chi connectivity index (χ0) is 17.5. The fourth-order valence-electron chi connectivity index (χ4n) is 4.68. The zero-order valence-electron chi connectivity index (χ0n) is 15.1. The Kier molecular flexibility index (Phi) is 4.33. The van der Waals surface area contributed by atoms with Crippen LogP contribution in [0.3, 0.4) is 0 Å². The molecule has 6 heterocycles. The standard InChI is InChI=1S/C20H26N4OS/c25-20(22-17-13-23-8-4-14(17)5-9-23)16-11-18-15(12-21-16)10-19(26-18)24-6-2-1-3-7-24/h10-12,14,17H,1-9,13H2,(H,22,25). The van der Waals surface area contributed by atoms with Crippen LogP contribution in [0.25, 0.3) is 10.1 Å². The highest BCUT2D eigenvalue weighted by Gasteiger charge is 2.35. The molecular formula is C20H26N4OS. The highest BCUT2D eigenvalue weighted by atomic mass is 32.1. The number of nitrogens with one attached hydrogen (secondary N) is 1. The molecule has 2 aromatic rings. The van der Waals surface area contributed by atoms with E-state index in [9.17, 15) is 4.79 Å². The van der Waals surface area contributed by atoms with Crippen LogP contribution in [-0.4, -0.2) is 54.6 Å². The molecule has 4 aliphatic heterocycles. The molecule has 0 radical (unpaired) electrons. The Morgan fingerprint density at radius 3 is 2.65 bits per heavy atom. The summed E-state index contributed by atoms with van der Waals surface area (Å²) in [6.45, 7) is 5.67. The lowest BCUT2D eigenvalue weighted by Crippen LogP contribution is -2.57. The van der Waals surface area contributed by atoms with Gasteiger partial charge in [0.15, 0.2) is 0 Å². The molecule has 138 valence electrons. The molecule has 4 saturated heterocycles. The second kappa shape index (κ2) is 6.82. The van der Waals surface area contributed by atoms with Crippen molar-refractivity contribution < 1.29 is 4.79 Å². The fourth-order valence-corrected chi connectivity index (χ4v) is 5.81. The first-order valence-electron chi connectivity index (χ1n) is 9.94. The molecule has 6 heteroatoms. The van der Waals surface area contributed by atoms with Crippen LogP contribution in [-0.2, 0) is 0 Å². The molecule has 1 atom stereocenters. The van der Waals surface area contributed by atoms with Crippen molar-refractivity contribution >= 4 is 32.3 Å². The maximum Gasteiger partial charge on any atom is 0.270 e. The Hall–Kier alpha value is -1.66. The van der Waals surface area contributed by atoms with Gasteiger partial charge in [-0.05, 0) is 63.2 Å². The molecule has 2 aromatic heterocycles. The summed E-state index contributed by atoms with van der Waals surface area (Å²) in [7, 11) is 0. The van der Waals surface area contributed by atoms with Crippen LogP contribution in [0.5, 0.6) is 0 Å². The van der Waals surface area contributed by atoms with E-state index in [0.29, 0.717) is 11.6 Å². The van der Waals surface area contributed by atoms with Crippen LogP contribution in [0, 0.1) is 5.92 Å². The molecule has 0 spiro atoms. The summed E-state index contributed by atoms with van der Waals surface area (Å²) in [5.74, 6) is 0.624. The largest absolute Gasteiger partial charge is 0.363 e. The number of anilines is 1. The number of rotatable bonds is 3. The lowest BCUT2D eigenvalue weighted by Gasteiger charge is -2.44. The number of nitrogens with zero attached hydrogens (tertiary/aromatic N) is 3. The molecule has 26 heavy (non-hydrogen) atoms. The highest BCUT2D eigenvalue weighted by molar-refractivity contribution is 7.22. The third-order valence-electron chi connectivity index (χ3n) is 6.26. The molecule has 0 aliphatic carbocycles. The van der Waals surface area contributed by atoms with E-state index < -0.39 is 0 Å². The maximum absolute atomic E-state index is 12.7. The summed E-state index contributed by atoms with van der Waals surface area (Å²) in [5, 5.41) is 5.72. The number of pyridine rings is 1. The number of fused-ring (bicyclic) bond motifs is 4. The predicted molar refractivity (Wildman–Crippen MR) is 106 cm³/mol. The highest BCUT2D eigenvalue weighted by Crippen LogP contribution is 2.34. The van der Waals surface area contributed by atoms with Crippen molar-refractivity contribution in [1.29, 1.82) is 0 Å². The Bertz CT molecular complexity index is 805. The summed E-state index contributed by atoms with van der Waals surface area (Å²) in [6, 6.07) is 4.49. The van der Waals surface area contributed by atoms with Gasteiger partial charge in [-0.2, -0.15) is 0 Å². The smallest absolute Gasteiger partial charge is 0.270 e. The number of hydrogen-bond acceptors (Lipinski definition) is 5. The van der Waals surface area contributed by atoms with Gasteiger partial charge < -0.3 is 15.1 Å². The number of amides is 1. The molecular weight excluding hydrogens is 344 g/mol. The SMILES string of the molecule is O=C(NC1CN2CCC1CC2)c1cc2sc(N3CCCCC3)cc2cn1. The Morgan fingerprint density at radius 1 is 1.12 bits per heavy atom. The van der Waals surface area contributed by atoms with Gasteiger partial charge in [-0.1, -0.05) is 0 Å². The van der Waals surface area contributed by atoms with Crippen LogP contribution in [0.15, 0.2) is 18.3 Å². The molecule has 2 bridgehead atoms. The normalized spacial score (nSPS) is 28.5. The number of piperidine rings is 4. The quantitative estimate of drug-likeness (QED) is 0.902. The lowest BCUT2D eigenvalue weighted by molar-refractivity contribution is 0.0618. The van der Waals surface area contributed by atoms with E-state index in [-0.39, 0.29) is 11.9 Å². The van der Waals surface area contributed by atoms with Gasteiger partial charge in [0.1, 0.15) is 5.69 Å². The number of thiophene rings is 1. The average Bonchev–Trinajstić information content (AvgIpc) is 3.13. The monoisotopic (exact) mass is 370 g/mol. The number of aromatic nitrogens is 1. The Balaban J connectivity index is 1.33. The molecule has 6 rings (SSSR count). The number of carbonyl (C=O) groups is 1. The zero-order valence-corrected chi connectivity index (χ0v) is 15.9. The molecule has 0 saturated carbocycles. The van der Waals surface area contributed by atoms with Gasteiger partial charge in [0.25, 0.3) is 5.91 Å². The third-order valence-corrected chi connectivity index (χ3v) is 7.42. The van der Waals surface area contributed by atoms with Gasteiger partial charge in [0, 0.05) is 42.0 Å².